The molecule has 0 bridgehead atoms. The molecule has 0 spiro atoms. The lowest BCUT2D eigenvalue weighted by Gasteiger charge is -2.39. The number of piperazine rings is 1. The molecule has 1 saturated heterocycles. The van der Waals surface area contributed by atoms with Gasteiger partial charge in [-0.25, -0.2) is 17.5 Å². The Balaban J connectivity index is 1.45. The highest BCUT2D eigenvalue weighted by Gasteiger charge is 2.28. The van der Waals surface area contributed by atoms with Gasteiger partial charge in [0.2, 0.25) is 10.0 Å². The third-order valence-corrected chi connectivity index (χ3v) is 7.57. The first-order valence-electron chi connectivity index (χ1n) is 10.4. The molecule has 1 aromatic heterocycles. The van der Waals surface area contributed by atoms with Crippen LogP contribution < -0.4 is 9.62 Å². The average Bonchev–Trinajstić information content (AvgIpc) is 3.31. The van der Waals surface area contributed by atoms with E-state index >= 15 is 0 Å². The quantitative estimate of drug-likeness (QED) is 0.552. The van der Waals surface area contributed by atoms with E-state index in [1.807, 2.05) is 13.0 Å². The molecule has 3 aromatic rings. The van der Waals surface area contributed by atoms with Crippen LogP contribution in [0.2, 0.25) is 5.02 Å². The van der Waals surface area contributed by atoms with Gasteiger partial charge in [-0.2, -0.15) is 0 Å². The minimum atomic E-state index is -3.73. The molecule has 0 radical (unpaired) electrons. The molecule has 1 atom stereocenters. The van der Waals surface area contributed by atoms with Crippen molar-refractivity contribution >= 4 is 27.3 Å². The van der Waals surface area contributed by atoms with Crippen molar-refractivity contribution in [3.63, 3.8) is 0 Å². The fraction of sp³-hybridized carbons (Fsp3) is 0.304. The van der Waals surface area contributed by atoms with E-state index in [2.05, 4.69) is 14.5 Å². The molecule has 0 amide bonds. The first-order chi connectivity index (χ1) is 15.3. The first-order valence-corrected chi connectivity index (χ1v) is 12.2. The molecule has 1 aliphatic heterocycles. The fourth-order valence-corrected chi connectivity index (χ4v) is 5.16. The van der Waals surface area contributed by atoms with Gasteiger partial charge in [-0.15, -0.1) is 0 Å². The highest BCUT2D eigenvalue weighted by Crippen LogP contribution is 2.26. The van der Waals surface area contributed by atoms with Crippen molar-refractivity contribution in [1.82, 2.24) is 9.62 Å². The molecule has 0 saturated carbocycles. The fourth-order valence-electron chi connectivity index (χ4n) is 3.85. The number of aryl methyl sites for hydroxylation is 1. The number of rotatable bonds is 7. The van der Waals surface area contributed by atoms with Crippen molar-refractivity contribution in [2.45, 2.75) is 17.9 Å². The number of hydrogen-bond donors (Lipinski definition) is 1. The minimum absolute atomic E-state index is 0.132. The Morgan fingerprint density at radius 1 is 1.09 bits per heavy atom. The largest absolute Gasteiger partial charge is 0.468 e. The van der Waals surface area contributed by atoms with Crippen molar-refractivity contribution in [3.8, 4) is 0 Å². The monoisotopic (exact) mass is 477 g/mol. The van der Waals surface area contributed by atoms with E-state index in [4.69, 9.17) is 16.0 Å². The Morgan fingerprint density at radius 2 is 1.81 bits per heavy atom. The Morgan fingerprint density at radius 3 is 2.44 bits per heavy atom. The standard InChI is InChI=1S/C23H25ClFN3O3S/c1-17-4-9-20(15-21(17)24)32(29,30)26-16-22(23-3-2-14-31-23)28-12-10-27(11-13-28)19-7-5-18(25)6-8-19/h2-9,14-15,22,26H,10-13,16H2,1H3. The van der Waals surface area contributed by atoms with Gasteiger partial charge >= 0.3 is 0 Å². The van der Waals surface area contributed by atoms with Crippen molar-refractivity contribution in [2.24, 2.45) is 0 Å². The van der Waals surface area contributed by atoms with Gasteiger partial charge in [0.15, 0.2) is 0 Å². The van der Waals surface area contributed by atoms with Gasteiger partial charge in [-0.05, 0) is 61.0 Å². The molecule has 2 heterocycles. The average molecular weight is 478 g/mol. The van der Waals surface area contributed by atoms with Crippen LogP contribution in [0.15, 0.2) is 70.2 Å². The topological polar surface area (TPSA) is 65.8 Å². The predicted molar refractivity (Wildman–Crippen MR) is 123 cm³/mol. The molecule has 4 rings (SSSR count). The highest BCUT2D eigenvalue weighted by molar-refractivity contribution is 7.89. The molecule has 0 aliphatic carbocycles. The molecule has 2 aromatic carbocycles. The van der Waals surface area contributed by atoms with Crippen LogP contribution in [0.25, 0.3) is 0 Å². The number of nitrogens with zero attached hydrogens (tertiary/aromatic N) is 2. The van der Waals surface area contributed by atoms with Gasteiger partial charge in [0.25, 0.3) is 0 Å². The first kappa shape index (κ1) is 22.8. The summed E-state index contributed by atoms with van der Waals surface area (Å²) < 4.78 is 47.3. The normalized spacial score (nSPS) is 16.3. The Bertz CT molecular complexity index is 1150. The Hall–Kier alpha value is -2.39. The van der Waals surface area contributed by atoms with Gasteiger partial charge < -0.3 is 9.32 Å². The van der Waals surface area contributed by atoms with Crippen LogP contribution in [-0.2, 0) is 10.0 Å². The molecule has 1 N–H and O–H groups in total. The summed E-state index contributed by atoms with van der Waals surface area (Å²) in [5, 5.41) is 0.410. The van der Waals surface area contributed by atoms with Crippen molar-refractivity contribution in [1.29, 1.82) is 0 Å². The summed E-state index contributed by atoms with van der Waals surface area (Å²) in [6, 6.07) is 14.6. The molecule has 32 heavy (non-hydrogen) atoms. The van der Waals surface area contributed by atoms with Gasteiger partial charge in [0.1, 0.15) is 11.6 Å². The summed E-state index contributed by atoms with van der Waals surface area (Å²) in [5.41, 5.74) is 1.79. The van der Waals surface area contributed by atoms with Gasteiger partial charge in [0, 0.05) is 43.4 Å². The lowest BCUT2D eigenvalue weighted by Crippen LogP contribution is -2.49. The molecule has 9 heteroatoms. The summed E-state index contributed by atoms with van der Waals surface area (Å²) in [6.45, 7) is 4.89. The van der Waals surface area contributed by atoms with Crippen molar-refractivity contribution in [3.05, 3.63) is 83.0 Å². The van der Waals surface area contributed by atoms with Crippen LogP contribution in [0.4, 0.5) is 10.1 Å². The van der Waals surface area contributed by atoms with Gasteiger partial charge in [-0.3, -0.25) is 4.90 Å². The summed E-state index contributed by atoms with van der Waals surface area (Å²) in [7, 11) is -3.73. The van der Waals surface area contributed by atoms with E-state index in [-0.39, 0.29) is 23.3 Å². The van der Waals surface area contributed by atoms with Crippen LogP contribution in [0, 0.1) is 12.7 Å². The summed E-state index contributed by atoms with van der Waals surface area (Å²) in [6.07, 6.45) is 1.59. The van der Waals surface area contributed by atoms with Crippen molar-refractivity contribution < 1.29 is 17.2 Å². The summed E-state index contributed by atoms with van der Waals surface area (Å²) in [5.74, 6) is 0.442. The summed E-state index contributed by atoms with van der Waals surface area (Å²) in [4.78, 5) is 4.52. The van der Waals surface area contributed by atoms with Gasteiger partial charge in [-0.1, -0.05) is 17.7 Å². The molecular formula is C23H25ClFN3O3S. The molecule has 6 nitrogen and oxygen atoms in total. The number of hydrogen-bond acceptors (Lipinski definition) is 5. The maximum absolute atomic E-state index is 13.2. The second kappa shape index (κ2) is 9.62. The van der Waals surface area contributed by atoms with E-state index < -0.39 is 10.0 Å². The van der Waals surface area contributed by atoms with Crippen LogP contribution in [-0.4, -0.2) is 46.0 Å². The second-order valence-corrected chi connectivity index (χ2v) is 9.97. The molecule has 1 aliphatic rings. The van der Waals surface area contributed by atoms with Crippen molar-refractivity contribution in [2.75, 3.05) is 37.6 Å². The van der Waals surface area contributed by atoms with E-state index in [9.17, 15) is 12.8 Å². The van der Waals surface area contributed by atoms with E-state index in [1.54, 1.807) is 36.6 Å². The van der Waals surface area contributed by atoms with Gasteiger partial charge in [0.05, 0.1) is 17.2 Å². The maximum Gasteiger partial charge on any atom is 0.240 e. The molecule has 1 fully saturated rings. The highest BCUT2D eigenvalue weighted by atomic mass is 35.5. The smallest absolute Gasteiger partial charge is 0.240 e. The number of furan rings is 1. The zero-order valence-corrected chi connectivity index (χ0v) is 19.2. The number of anilines is 1. The number of sulfonamides is 1. The molecular weight excluding hydrogens is 453 g/mol. The molecule has 1 unspecified atom stereocenters. The predicted octanol–water partition coefficient (Wildman–Crippen LogP) is 4.22. The van der Waals surface area contributed by atoms with Crippen LogP contribution in [0.1, 0.15) is 17.4 Å². The minimum Gasteiger partial charge on any atom is -0.468 e. The van der Waals surface area contributed by atoms with E-state index in [1.165, 1.54) is 18.2 Å². The van der Waals surface area contributed by atoms with E-state index in [0.717, 1.165) is 24.3 Å². The maximum atomic E-state index is 13.2. The number of benzene rings is 2. The van der Waals surface area contributed by atoms with E-state index in [0.29, 0.717) is 23.9 Å². The number of halogens is 2. The SMILES string of the molecule is Cc1ccc(S(=O)(=O)NCC(c2ccco2)N2CCN(c3ccc(F)cc3)CC2)cc1Cl. The van der Waals surface area contributed by atoms with Crippen LogP contribution in [0.3, 0.4) is 0 Å². The number of nitrogens with one attached hydrogen (secondary N) is 1. The third kappa shape index (κ3) is 5.15. The zero-order chi connectivity index (χ0) is 22.7. The molecule has 170 valence electrons. The second-order valence-electron chi connectivity index (χ2n) is 7.79. The van der Waals surface area contributed by atoms with Crippen LogP contribution in [0.5, 0.6) is 0 Å². The third-order valence-electron chi connectivity index (χ3n) is 5.74. The van der Waals surface area contributed by atoms with Crippen LogP contribution >= 0.6 is 11.6 Å². The lowest BCUT2D eigenvalue weighted by molar-refractivity contribution is 0.166. The Labute approximate surface area is 192 Å². The Kier molecular flexibility index (Phi) is 6.85. The zero-order valence-electron chi connectivity index (χ0n) is 17.7. The summed E-state index contributed by atoms with van der Waals surface area (Å²) >= 11 is 6.12. The lowest BCUT2D eigenvalue weighted by atomic mass is 10.1.